The fraction of sp³-hybridized carbons (Fsp3) is 0.316. The Balaban J connectivity index is 1.58. The van der Waals surface area contributed by atoms with Crippen LogP contribution in [0.3, 0.4) is 0 Å². The van der Waals surface area contributed by atoms with Gasteiger partial charge in [0.05, 0.1) is 5.69 Å². The average molecular weight is 349 g/mol. The number of nitrogens with zero attached hydrogens (tertiary/aromatic N) is 3. The molecule has 0 saturated carbocycles. The number of carbonyl (C=O) groups excluding carboxylic acids is 1. The molecule has 26 heavy (non-hydrogen) atoms. The van der Waals surface area contributed by atoms with Gasteiger partial charge in [-0.1, -0.05) is 17.3 Å². The third-order valence-electron chi connectivity index (χ3n) is 4.85. The number of rotatable bonds is 3. The largest absolute Gasteiger partial charge is 0.361 e. The first kappa shape index (κ1) is 16.2. The number of hydrogen-bond acceptors (Lipinski definition) is 5. The lowest BCUT2D eigenvalue weighted by molar-refractivity contribution is 0.0934. The average Bonchev–Trinajstić information content (AvgIpc) is 3.33. The maximum absolute atomic E-state index is 12.5. The second-order valence-electron chi connectivity index (χ2n) is 6.69. The maximum atomic E-state index is 12.5. The van der Waals surface area contributed by atoms with Gasteiger partial charge < -0.3 is 19.7 Å². The number of aromatic nitrogens is 2. The van der Waals surface area contributed by atoms with Crippen molar-refractivity contribution in [2.45, 2.75) is 26.3 Å². The van der Waals surface area contributed by atoms with E-state index >= 15 is 0 Å². The van der Waals surface area contributed by atoms with Gasteiger partial charge >= 0.3 is 0 Å². The monoisotopic (exact) mass is 349 g/mol. The van der Waals surface area contributed by atoms with Crippen molar-refractivity contribution < 1.29 is 9.32 Å². The lowest BCUT2D eigenvalue weighted by Crippen LogP contribution is -2.36. The standard InChI is InChI=1S/C19H19N5O2/c1-11-18(12(2)26-23-11)14-4-3-13-7-17(22-16(13)8-14)19(25)21-15-5-6-24(9-15)10-20/h3-4,7-8,15,22H,5-6,9H2,1-2H3,(H,21,25)/t15-/m1/s1. The highest BCUT2D eigenvalue weighted by Crippen LogP contribution is 2.29. The first-order chi connectivity index (χ1) is 12.5. The second-order valence-corrected chi connectivity index (χ2v) is 6.69. The van der Waals surface area contributed by atoms with Crippen LogP contribution in [0.4, 0.5) is 0 Å². The molecule has 7 nitrogen and oxygen atoms in total. The predicted molar refractivity (Wildman–Crippen MR) is 96.3 cm³/mol. The Bertz CT molecular complexity index is 1010. The zero-order valence-electron chi connectivity index (χ0n) is 14.7. The van der Waals surface area contributed by atoms with Gasteiger partial charge in [0.15, 0.2) is 6.19 Å². The minimum absolute atomic E-state index is 0.00595. The number of nitrogens with one attached hydrogen (secondary N) is 2. The van der Waals surface area contributed by atoms with Crippen molar-refractivity contribution in [1.82, 2.24) is 20.4 Å². The first-order valence-corrected chi connectivity index (χ1v) is 8.56. The molecule has 1 saturated heterocycles. The fourth-order valence-corrected chi connectivity index (χ4v) is 3.53. The van der Waals surface area contributed by atoms with Crippen LogP contribution in [0.5, 0.6) is 0 Å². The molecule has 1 aliphatic heterocycles. The molecule has 0 aliphatic carbocycles. The van der Waals surface area contributed by atoms with E-state index in [0.717, 1.165) is 39.9 Å². The normalized spacial score (nSPS) is 16.8. The van der Waals surface area contributed by atoms with Gasteiger partial charge in [-0.25, -0.2) is 0 Å². The molecule has 1 aliphatic rings. The number of benzene rings is 1. The predicted octanol–water partition coefficient (Wildman–Crippen LogP) is 2.72. The Kier molecular flexibility index (Phi) is 3.88. The Morgan fingerprint density at radius 1 is 1.42 bits per heavy atom. The fourth-order valence-electron chi connectivity index (χ4n) is 3.53. The summed E-state index contributed by atoms with van der Waals surface area (Å²) < 4.78 is 5.25. The van der Waals surface area contributed by atoms with Gasteiger partial charge in [0.2, 0.25) is 0 Å². The van der Waals surface area contributed by atoms with Crippen molar-refractivity contribution in [3.8, 4) is 17.3 Å². The molecule has 2 aromatic heterocycles. The summed E-state index contributed by atoms with van der Waals surface area (Å²) in [7, 11) is 0. The lowest BCUT2D eigenvalue weighted by Gasteiger charge is -2.11. The van der Waals surface area contributed by atoms with Crippen LogP contribution in [0.2, 0.25) is 0 Å². The van der Waals surface area contributed by atoms with Gasteiger partial charge in [0, 0.05) is 35.6 Å². The summed E-state index contributed by atoms with van der Waals surface area (Å²) in [6.45, 7) is 5.06. The minimum Gasteiger partial charge on any atom is -0.361 e. The Morgan fingerprint density at radius 2 is 2.27 bits per heavy atom. The van der Waals surface area contributed by atoms with E-state index in [1.807, 2.05) is 38.1 Å². The highest BCUT2D eigenvalue weighted by Gasteiger charge is 2.24. The molecule has 0 unspecified atom stereocenters. The summed E-state index contributed by atoms with van der Waals surface area (Å²) in [5.74, 6) is 0.625. The van der Waals surface area contributed by atoms with Crippen molar-refractivity contribution in [3.05, 3.63) is 41.4 Å². The van der Waals surface area contributed by atoms with Crippen molar-refractivity contribution >= 4 is 16.8 Å². The quantitative estimate of drug-likeness (QED) is 0.709. The smallest absolute Gasteiger partial charge is 0.268 e. The molecule has 7 heteroatoms. The Labute approximate surface area is 150 Å². The van der Waals surface area contributed by atoms with Gasteiger partial charge in [0.1, 0.15) is 11.5 Å². The number of carbonyl (C=O) groups is 1. The Hall–Kier alpha value is -3.27. The SMILES string of the molecule is Cc1noc(C)c1-c1ccc2cc(C(=O)N[C@@H]3CCN(C#N)C3)[nH]c2c1. The molecular weight excluding hydrogens is 330 g/mol. The van der Waals surface area contributed by atoms with Crippen molar-refractivity contribution in [2.24, 2.45) is 0 Å². The first-order valence-electron chi connectivity index (χ1n) is 8.56. The lowest BCUT2D eigenvalue weighted by atomic mass is 10.0. The van der Waals surface area contributed by atoms with Crippen LogP contribution >= 0.6 is 0 Å². The number of fused-ring (bicyclic) bond motifs is 1. The summed E-state index contributed by atoms with van der Waals surface area (Å²) >= 11 is 0. The van der Waals surface area contributed by atoms with E-state index in [1.165, 1.54) is 0 Å². The molecule has 1 amide bonds. The van der Waals surface area contributed by atoms with Crippen LogP contribution < -0.4 is 5.32 Å². The highest BCUT2D eigenvalue weighted by molar-refractivity contribution is 5.99. The summed E-state index contributed by atoms with van der Waals surface area (Å²) in [5.41, 5.74) is 4.23. The molecule has 1 atom stereocenters. The molecular formula is C19H19N5O2. The van der Waals surface area contributed by atoms with E-state index in [4.69, 9.17) is 9.78 Å². The van der Waals surface area contributed by atoms with Gasteiger partial charge in [-0.2, -0.15) is 5.26 Å². The summed E-state index contributed by atoms with van der Waals surface area (Å²) in [4.78, 5) is 17.4. The number of likely N-dealkylation sites (tertiary alicyclic amines) is 1. The van der Waals surface area contributed by atoms with Crippen molar-refractivity contribution in [2.75, 3.05) is 13.1 Å². The number of amides is 1. The van der Waals surface area contributed by atoms with E-state index in [-0.39, 0.29) is 11.9 Å². The number of aryl methyl sites for hydroxylation is 2. The van der Waals surface area contributed by atoms with Gasteiger partial charge in [-0.15, -0.1) is 0 Å². The van der Waals surface area contributed by atoms with Gasteiger partial charge in [0.25, 0.3) is 5.91 Å². The number of H-pyrrole nitrogens is 1. The zero-order chi connectivity index (χ0) is 18.3. The minimum atomic E-state index is -0.148. The molecule has 2 N–H and O–H groups in total. The van der Waals surface area contributed by atoms with Crippen LogP contribution in [0.15, 0.2) is 28.8 Å². The third kappa shape index (κ3) is 2.80. The molecule has 132 valence electrons. The van der Waals surface area contributed by atoms with E-state index in [1.54, 1.807) is 4.90 Å². The highest BCUT2D eigenvalue weighted by atomic mass is 16.5. The Morgan fingerprint density at radius 3 is 2.96 bits per heavy atom. The van der Waals surface area contributed by atoms with E-state index in [2.05, 4.69) is 21.7 Å². The van der Waals surface area contributed by atoms with Crippen molar-refractivity contribution in [1.29, 1.82) is 5.26 Å². The maximum Gasteiger partial charge on any atom is 0.268 e. The molecule has 0 radical (unpaired) electrons. The topological polar surface area (TPSA) is 97.9 Å². The molecule has 3 aromatic rings. The van der Waals surface area contributed by atoms with E-state index < -0.39 is 0 Å². The summed E-state index contributed by atoms with van der Waals surface area (Å²) in [5, 5.41) is 16.9. The van der Waals surface area contributed by atoms with Crippen LogP contribution in [-0.2, 0) is 0 Å². The third-order valence-corrected chi connectivity index (χ3v) is 4.85. The zero-order valence-corrected chi connectivity index (χ0v) is 14.7. The number of nitriles is 1. The second kappa shape index (κ2) is 6.23. The molecule has 1 fully saturated rings. The van der Waals surface area contributed by atoms with Gasteiger partial charge in [-0.05, 0) is 38.0 Å². The molecule has 1 aromatic carbocycles. The van der Waals surface area contributed by atoms with Crippen LogP contribution in [0.25, 0.3) is 22.0 Å². The molecule has 0 spiro atoms. The summed E-state index contributed by atoms with van der Waals surface area (Å²) in [6, 6.07) is 7.85. The van der Waals surface area contributed by atoms with Crippen molar-refractivity contribution in [3.63, 3.8) is 0 Å². The van der Waals surface area contributed by atoms with E-state index in [0.29, 0.717) is 18.8 Å². The summed E-state index contributed by atoms with van der Waals surface area (Å²) in [6.07, 6.45) is 2.91. The number of aromatic amines is 1. The van der Waals surface area contributed by atoms with Crippen LogP contribution in [0, 0.1) is 25.3 Å². The van der Waals surface area contributed by atoms with Crippen LogP contribution in [0.1, 0.15) is 28.4 Å². The van der Waals surface area contributed by atoms with E-state index in [9.17, 15) is 4.79 Å². The van der Waals surface area contributed by atoms with Crippen LogP contribution in [-0.4, -0.2) is 40.1 Å². The van der Waals surface area contributed by atoms with Gasteiger partial charge in [-0.3, -0.25) is 4.79 Å². The molecule has 4 rings (SSSR count). The number of hydrogen-bond donors (Lipinski definition) is 2. The molecule has 3 heterocycles. The molecule has 0 bridgehead atoms.